The van der Waals surface area contributed by atoms with Gasteiger partial charge >= 0.3 is 0 Å². The lowest BCUT2D eigenvalue weighted by molar-refractivity contribution is 0.184. The number of aliphatic hydroxyl groups excluding tert-OH is 1. The van der Waals surface area contributed by atoms with Gasteiger partial charge in [0, 0.05) is 43.2 Å². The van der Waals surface area contributed by atoms with E-state index in [2.05, 4.69) is 52.6 Å². The predicted molar refractivity (Wildman–Crippen MR) is 117 cm³/mol. The molecule has 0 radical (unpaired) electrons. The Bertz CT molecular complexity index is 919. The van der Waals surface area contributed by atoms with Crippen LogP contribution in [-0.2, 0) is 0 Å². The van der Waals surface area contributed by atoms with Crippen LogP contribution in [0.2, 0.25) is 0 Å². The Hall–Kier alpha value is -2.02. The van der Waals surface area contributed by atoms with E-state index in [4.69, 9.17) is 15.1 Å². The third kappa shape index (κ3) is 3.90. The minimum absolute atomic E-state index is 0.266. The Morgan fingerprint density at radius 1 is 1.18 bits per heavy atom. The van der Waals surface area contributed by atoms with Crippen molar-refractivity contribution in [1.82, 2.24) is 14.9 Å². The van der Waals surface area contributed by atoms with Crippen molar-refractivity contribution in [3.63, 3.8) is 0 Å². The van der Waals surface area contributed by atoms with Crippen molar-refractivity contribution in [2.24, 2.45) is 0 Å². The fourth-order valence-corrected chi connectivity index (χ4v) is 5.09. The molecule has 2 aromatic heterocycles. The van der Waals surface area contributed by atoms with Gasteiger partial charge in [-0.2, -0.15) is 0 Å². The summed E-state index contributed by atoms with van der Waals surface area (Å²) in [6, 6.07) is 11.1. The smallest absolute Gasteiger partial charge is 0.141 e. The minimum atomic E-state index is 0.266. The molecule has 148 valence electrons. The first kappa shape index (κ1) is 19.3. The summed E-state index contributed by atoms with van der Waals surface area (Å²) in [7, 11) is 2.18. The Morgan fingerprint density at radius 3 is 2.64 bits per heavy atom. The number of anilines is 1. The molecule has 0 amide bonds. The van der Waals surface area contributed by atoms with E-state index in [1.807, 2.05) is 6.92 Å². The van der Waals surface area contributed by atoms with Crippen LogP contribution in [-0.4, -0.2) is 59.3 Å². The molecule has 4 rings (SSSR count). The molecular weight excluding hydrogens is 368 g/mol. The average molecular weight is 397 g/mol. The van der Waals surface area contributed by atoms with Crippen molar-refractivity contribution in [2.45, 2.75) is 32.2 Å². The third-order valence-electron chi connectivity index (χ3n) is 5.67. The van der Waals surface area contributed by atoms with E-state index in [0.29, 0.717) is 6.04 Å². The predicted octanol–water partition coefficient (Wildman–Crippen LogP) is 3.95. The Kier molecular flexibility index (Phi) is 5.90. The molecule has 1 aliphatic heterocycles. The van der Waals surface area contributed by atoms with Crippen LogP contribution in [0.15, 0.2) is 35.7 Å². The number of hydrogen-bond acceptors (Lipinski definition) is 6. The Labute approximate surface area is 170 Å². The molecule has 0 bridgehead atoms. The highest BCUT2D eigenvalue weighted by molar-refractivity contribution is 7.17. The third-order valence-corrected chi connectivity index (χ3v) is 6.54. The van der Waals surface area contributed by atoms with E-state index >= 15 is 0 Å². The number of hydrogen-bond donors (Lipinski definition) is 1. The number of aliphatic hydroxyl groups is 1. The number of rotatable bonds is 6. The largest absolute Gasteiger partial charge is 0.396 e. The van der Waals surface area contributed by atoms with Gasteiger partial charge in [0.1, 0.15) is 16.5 Å². The standard InChI is InChI=1S/C22H28N4OS/c1-16-23-21(26-12-9-18(10-13-26)25(2)11-6-14-27)20-19(15-28-22(20)24-16)17-7-4-3-5-8-17/h3-5,7-8,15,18,27H,6,9-14H2,1-2H3. The fraction of sp³-hybridized carbons (Fsp3) is 0.455. The first-order valence-electron chi connectivity index (χ1n) is 10.0. The van der Waals surface area contributed by atoms with Gasteiger partial charge in [-0.15, -0.1) is 11.3 Å². The second kappa shape index (κ2) is 8.55. The van der Waals surface area contributed by atoms with Crippen molar-refractivity contribution >= 4 is 27.4 Å². The summed E-state index contributed by atoms with van der Waals surface area (Å²) in [6.07, 6.45) is 3.09. The van der Waals surface area contributed by atoms with Gasteiger partial charge in [-0.25, -0.2) is 9.97 Å². The van der Waals surface area contributed by atoms with E-state index in [9.17, 15) is 0 Å². The van der Waals surface area contributed by atoms with Crippen LogP contribution in [0.5, 0.6) is 0 Å². The Morgan fingerprint density at radius 2 is 1.93 bits per heavy atom. The van der Waals surface area contributed by atoms with Gasteiger partial charge in [0.2, 0.25) is 0 Å². The first-order chi connectivity index (χ1) is 13.7. The zero-order chi connectivity index (χ0) is 19.5. The monoisotopic (exact) mass is 396 g/mol. The number of benzene rings is 1. The molecule has 28 heavy (non-hydrogen) atoms. The number of aromatic nitrogens is 2. The van der Waals surface area contributed by atoms with Crippen LogP contribution in [0, 0.1) is 6.92 Å². The van der Waals surface area contributed by atoms with Crippen LogP contribution < -0.4 is 4.90 Å². The zero-order valence-corrected chi connectivity index (χ0v) is 17.5. The lowest BCUT2D eigenvalue weighted by Crippen LogP contribution is -2.44. The van der Waals surface area contributed by atoms with Crippen molar-refractivity contribution in [2.75, 3.05) is 38.2 Å². The lowest BCUT2D eigenvalue weighted by atomic mass is 10.0. The van der Waals surface area contributed by atoms with Gasteiger partial charge in [-0.3, -0.25) is 0 Å². The van der Waals surface area contributed by atoms with E-state index < -0.39 is 0 Å². The van der Waals surface area contributed by atoms with Crippen molar-refractivity contribution in [3.05, 3.63) is 41.5 Å². The summed E-state index contributed by atoms with van der Waals surface area (Å²) < 4.78 is 0. The number of thiophene rings is 1. The average Bonchev–Trinajstić information content (AvgIpc) is 3.16. The van der Waals surface area contributed by atoms with Crippen LogP contribution in [0.25, 0.3) is 21.3 Å². The molecule has 0 atom stereocenters. The molecular formula is C22H28N4OS. The summed E-state index contributed by atoms with van der Waals surface area (Å²) in [5.41, 5.74) is 2.46. The highest BCUT2D eigenvalue weighted by atomic mass is 32.1. The molecule has 3 heterocycles. The molecule has 3 aromatic rings. The highest BCUT2D eigenvalue weighted by Gasteiger charge is 2.26. The van der Waals surface area contributed by atoms with E-state index in [0.717, 1.165) is 55.4 Å². The highest BCUT2D eigenvalue weighted by Crippen LogP contribution is 2.39. The second-order valence-electron chi connectivity index (χ2n) is 7.57. The van der Waals surface area contributed by atoms with Gasteiger partial charge in [-0.1, -0.05) is 30.3 Å². The van der Waals surface area contributed by atoms with Gasteiger partial charge < -0.3 is 14.9 Å². The number of aryl methyl sites for hydroxylation is 1. The molecule has 1 fully saturated rings. The number of piperidine rings is 1. The molecule has 5 nitrogen and oxygen atoms in total. The summed E-state index contributed by atoms with van der Waals surface area (Å²) in [6.45, 7) is 5.22. The maximum atomic E-state index is 9.08. The van der Waals surface area contributed by atoms with E-state index in [1.54, 1.807) is 11.3 Å². The normalized spacial score (nSPS) is 15.6. The fourth-order valence-electron chi connectivity index (χ4n) is 4.11. The van der Waals surface area contributed by atoms with Gasteiger partial charge in [0.25, 0.3) is 0 Å². The van der Waals surface area contributed by atoms with Crippen LogP contribution in [0.1, 0.15) is 25.1 Å². The topological polar surface area (TPSA) is 52.5 Å². The molecule has 0 unspecified atom stereocenters. The summed E-state index contributed by atoms with van der Waals surface area (Å²) >= 11 is 1.71. The molecule has 1 saturated heterocycles. The van der Waals surface area contributed by atoms with Gasteiger partial charge in [0.15, 0.2) is 0 Å². The summed E-state index contributed by atoms with van der Waals surface area (Å²) in [4.78, 5) is 15.5. The number of nitrogens with zero attached hydrogens (tertiary/aromatic N) is 4. The van der Waals surface area contributed by atoms with Gasteiger partial charge in [0.05, 0.1) is 5.39 Å². The van der Waals surface area contributed by atoms with Crippen molar-refractivity contribution in [3.8, 4) is 11.1 Å². The van der Waals surface area contributed by atoms with E-state index in [-0.39, 0.29) is 6.61 Å². The van der Waals surface area contributed by atoms with Crippen molar-refractivity contribution in [1.29, 1.82) is 0 Å². The minimum Gasteiger partial charge on any atom is -0.396 e. The molecule has 0 aliphatic carbocycles. The van der Waals surface area contributed by atoms with Crippen LogP contribution >= 0.6 is 11.3 Å². The molecule has 6 heteroatoms. The maximum Gasteiger partial charge on any atom is 0.141 e. The Balaban J connectivity index is 1.62. The lowest BCUT2D eigenvalue weighted by Gasteiger charge is -2.37. The summed E-state index contributed by atoms with van der Waals surface area (Å²) in [5.74, 6) is 1.92. The van der Waals surface area contributed by atoms with E-state index in [1.165, 1.54) is 16.5 Å². The zero-order valence-electron chi connectivity index (χ0n) is 16.6. The van der Waals surface area contributed by atoms with Crippen LogP contribution in [0.3, 0.4) is 0 Å². The first-order valence-corrected chi connectivity index (χ1v) is 10.9. The molecule has 1 aliphatic rings. The van der Waals surface area contributed by atoms with Gasteiger partial charge in [-0.05, 0) is 38.8 Å². The second-order valence-corrected chi connectivity index (χ2v) is 8.42. The SMILES string of the molecule is Cc1nc(N2CCC(N(C)CCCO)CC2)c2c(-c3ccccc3)csc2n1. The van der Waals surface area contributed by atoms with Crippen molar-refractivity contribution < 1.29 is 5.11 Å². The maximum absolute atomic E-state index is 9.08. The molecule has 1 N–H and O–H groups in total. The molecule has 0 spiro atoms. The number of fused-ring (bicyclic) bond motifs is 1. The van der Waals surface area contributed by atoms with Crippen LogP contribution in [0.4, 0.5) is 5.82 Å². The quantitative estimate of drug-likeness (QED) is 0.684. The molecule has 0 saturated carbocycles. The molecule has 1 aromatic carbocycles. The summed E-state index contributed by atoms with van der Waals surface area (Å²) in [5, 5.41) is 12.5.